The van der Waals surface area contributed by atoms with Gasteiger partial charge in [0.15, 0.2) is 0 Å². The van der Waals surface area contributed by atoms with Crippen LogP contribution in [0.5, 0.6) is 0 Å². The molecule has 0 atom stereocenters. The van der Waals surface area contributed by atoms with Crippen LogP contribution in [-0.4, -0.2) is 17.4 Å². The van der Waals surface area contributed by atoms with Crippen molar-refractivity contribution < 1.29 is 14.3 Å². The zero-order chi connectivity index (χ0) is 15.3. The van der Waals surface area contributed by atoms with Gasteiger partial charge in [-0.15, -0.1) is 0 Å². The van der Waals surface area contributed by atoms with Crippen molar-refractivity contribution in [3.05, 3.63) is 35.4 Å². The van der Waals surface area contributed by atoms with Gasteiger partial charge in [0.1, 0.15) is 12.1 Å². The minimum atomic E-state index is -0.825. The Morgan fingerprint density at radius 2 is 1.76 bits per heavy atom. The number of esters is 1. The third kappa shape index (κ3) is 4.06. The van der Waals surface area contributed by atoms with Crippen molar-refractivity contribution in [3.63, 3.8) is 0 Å². The van der Waals surface area contributed by atoms with Crippen LogP contribution in [-0.2, 0) is 20.9 Å². The first-order valence-electron chi connectivity index (χ1n) is 7.53. The van der Waals surface area contributed by atoms with Crippen LogP contribution in [0.15, 0.2) is 24.3 Å². The molecule has 0 heterocycles. The molecule has 0 radical (unpaired) electrons. The van der Waals surface area contributed by atoms with Crippen LogP contribution in [0.1, 0.15) is 50.2 Å². The van der Waals surface area contributed by atoms with Crippen molar-refractivity contribution in [3.8, 4) is 0 Å². The van der Waals surface area contributed by atoms with Crippen molar-refractivity contribution in [1.29, 1.82) is 0 Å². The molecule has 4 heteroatoms. The molecule has 0 aliphatic heterocycles. The number of benzene rings is 1. The number of aryl methyl sites for hydroxylation is 1. The Bertz CT molecular complexity index is 501. The summed E-state index contributed by atoms with van der Waals surface area (Å²) >= 11 is 0. The van der Waals surface area contributed by atoms with Gasteiger partial charge in [0, 0.05) is 6.92 Å². The van der Waals surface area contributed by atoms with E-state index >= 15 is 0 Å². The highest BCUT2D eigenvalue weighted by atomic mass is 16.5. The van der Waals surface area contributed by atoms with Crippen LogP contribution in [0.2, 0.25) is 0 Å². The van der Waals surface area contributed by atoms with Gasteiger partial charge in [0.2, 0.25) is 5.91 Å². The van der Waals surface area contributed by atoms with Crippen LogP contribution in [0, 0.1) is 6.92 Å². The first-order chi connectivity index (χ1) is 10.0. The van der Waals surface area contributed by atoms with Crippen LogP contribution in [0.3, 0.4) is 0 Å². The molecule has 1 N–H and O–H groups in total. The van der Waals surface area contributed by atoms with Crippen molar-refractivity contribution in [2.45, 2.75) is 58.1 Å². The molecule has 1 aliphatic carbocycles. The number of nitrogens with one attached hydrogen (secondary N) is 1. The van der Waals surface area contributed by atoms with E-state index in [9.17, 15) is 9.59 Å². The molecule has 0 unspecified atom stereocenters. The zero-order valence-electron chi connectivity index (χ0n) is 12.8. The molecule has 1 aromatic rings. The van der Waals surface area contributed by atoms with Gasteiger partial charge >= 0.3 is 5.97 Å². The highest BCUT2D eigenvalue weighted by Gasteiger charge is 2.41. The van der Waals surface area contributed by atoms with Gasteiger partial charge < -0.3 is 10.1 Å². The maximum absolute atomic E-state index is 12.5. The monoisotopic (exact) mass is 289 g/mol. The first-order valence-corrected chi connectivity index (χ1v) is 7.53. The average molecular weight is 289 g/mol. The van der Waals surface area contributed by atoms with Crippen molar-refractivity contribution in [2.24, 2.45) is 0 Å². The third-order valence-electron chi connectivity index (χ3n) is 4.00. The molecule has 1 saturated carbocycles. The van der Waals surface area contributed by atoms with E-state index < -0.39 is 5.54 Å². The molecular formula is C17H23NO3. The Morgan fingerprint density at radius 1 is 1.14 bits per heavy atom. The lowest BCUT2D eigenvalue weighted by Gasteiger charge is -2.35. The molecule has 0 bridgehead atoms. The quantitative estimate of drug-likeness (QED) is 0.867. The van der Waals surface area contributed by atoms with E-state index in [1.54, 1.807) is 0 Å². The summed E-state index contributed by atoms with van der Waals surface area (Å²) < 4.78 is 5.46. The summed E-state index contributed by atoms with van der Waals surface area (Å²) in [5, 5.41) is 2.83. The summed E-state index contributed by atoms with van der Waals surface area (Å²) in [4.78, 5) is 23.9. The first kappa shape index (κ1) is 15.5. The summed E-state index contributed by atoms with van der Waals surface area (Å²) in [6.45, 7) is 3.72. The topological polar surface area (TPSA) is 55.4 Å². The van der Waals surface area contributed by atoms with Gasteiger partial charge in [-0.2, -0.15) is 0 Å². The van der Waals surface area contributed by atoms with E-state index in [2.05, 4.69) is 5.32 Å². The summed E-state index contributed by atoms with van der Waals surface area (Å²) in [6, 6.07) is 7.89. The molecular weight excluding hydrogens is 266 g/mol. The Hall–Kier alpha value is -1.84. The van der Waals surface area contributed by atoms with Crippen molar-refractivity contribution in [2.75, 3.05) is 0 Å². The minimum absolute atomic E-state index is 0.177. The fraction of sp³-hybridized carbons (Fsp3) is 0.529. The van der Waals surface area contributed by atoms with E-state index in [1.807, 2.05) is 31.2 Å². The van der Waals surface area contributed by atoms with Crippen LogP contribution in [0.25, 0.3) is 0 Å². The predicted octanol–water partition coefficient (Wildman–Crippen LogP) is 2.88. The molecule has 1 aromatic carbocycles. The maximum atomic E-state index is 12.5. The van der Waals surface area contributed by atoms with Crippen LogP contribution >= 0.6 is 0 Å². The Morgan fingerprint density at radius 3 is 2.33 bits per heavy atom. The zero-order valence-corrected chi connectivity index (χ0v) is 12.8. The molecule has 1 amide bonds. The highest BCUT2D eigenvalue weighted by molar-refractivity contribution is 5.87. The largest absolute Gasteiger partial charge is 0.459 e. The number of hydrogen-bond acceptors (Lipinski definition) is 3. The Kier molecular flexibility index (Phi) is 4.99. The van der Waals surface area contributed by atoms with Crippen LogP contribution in [0.4, 0.5) is 0 Å². The van der Waals surface area contributed by atoms with Crippen LogP contribution < -0.4 is 5.32 Å². The lowest BCUT2D eigenvalue weighted by molar-refractivity contribution is -0.156. The third-order valence-corrected chi connectivity index (χ3v) is 4.00. The number of carbonyl (C=O) groups excluding carboxylic acids is 2. The number of amides is 1. The van der Waals surface area contributed by atoms with E-state index in [4.69, 9.17) is 4.74 Å². The lowest BCUT2D eigenvalue weighted by atomic mass is 9.81. The fourth-order valence-corrected chi connectivity index (χ4v) is 2.84. The van der Waals surface area contributed by atoms with Crippen molar-refractivity contribution >= 4 is 11.9 Å². The molecule has 4 nitrogen and oxygen atoms in total. The summed E-state index contributed by atoms with van der Waals surface area (Å²) in [6.07, 6.45) is 4.32. The fourth-order valence-electron chi connectivity index (χ4n) is 2.84. The second-order valence-corrected chi connectivity index (χ2v) is 5.89. The van der Waals surface area contributed by atoms with Gasteiger partial charge in [-0.05, 0) is 25.3 Å². The van der Waals surface area contributed by atoms with Gasteiger partial charge in [0.05, 0.1) is 0 Å². The second kappa shape index (κ2) is 6.74. The lowest BCUT2D eigenvalue weighted by Crippen LogP contribution is -2.55. The molecule has 21 heavy (non-hydrogen) atoms. The van der Waals surface area contributed by atoms with E-state index in [0.29, 0.717) is 12.8 Å². The number of carbonyl (C=O) groups is 2. The predicted molar refractivity (Wildman–Crippen MR) is 80.6 cm³/mol. The smallest absolute Gasteiger partial charge is 0.332 e. The molecule has 0 aromatic heterocycles. The van der Waals surface area contributed by atoms with E-state index in [0.717, 1.165) is 24.8 Å². The van der Waals surface area contributed by atoms with E-state index in [1.165, 1.54) is 12.5 Å². The second-order valence-electron chi connectivity index (χ2n) is 5.89. The maximum Gasteiger partial charge on any atom is 0.332 e. The molecule has 1 fully saturated rings. The van der Waals surface area contributed by atoms with Gasteiger partial charge in [0.25, 0.3) is 0 Å². The van der Waals surface area contributed by atoms with Gasteiger partial charge in [-0.1, -0.05) is 49.1 Å². The number of ether oxygens (including phenoxy) is 1. The Balaban J connectivity index is 2.01. The normalized spacial score (nSPS) is 17.0. The van der Waals surface area contributed by atoms with Gasteiger partial charge in [-0.25, -0.2) is 4.79 Å². The van der Waals surface area contributed by atoms with Gasteiger partial charge in [-0.3, -0.25) is 4.79 Å². The molecule has 2 rings (SSSR count). The Labute approximate surface area is 125 Å². The summed E-state index contributed by atoms with van der Waals surface area (Å²) in [7, 11) is 0. The van der Waals surface area contributed by atoms with E-state index in [-0.39, 0.29) is 18.5 Å². The molecule has 1 aliphatic rings. The number of rotatable bonds is 4. The highest BCUT2D eigenvalue weighted by Crippen LogP contribution is 2.29. The standard InChI is InChI=1S/C17H23NO3/c1-13-6-8-15(9-7-13)12-21-16(20)17(18-14(2)19)10-4-3-5-11-17/h6-9H,3-5,10-12H2,1-2H3,(H,18,19). The summed E-state index contributed by atoms with van der Waals surface area (Å²) in [5.41, 5.74) is 1.31. The summed E-state index contributed by atoms with van der Waals surface area (Å²) in [5.74, 6) is -0.484. The minimum Gasteiger partial charge on any atom is -0.459 e. The molecule has 114 valence electrons. The average Bonchev–Trinajstić information content (AvgIpc) is 2.46. The number of hydrogen-bond donors (Lipinski definition) is 1. The van der Waals surface area contributed by atoms with Crippen molar-refractivity contribution in [1.82, 2.24) is 5.32 Å². The molecule has 0 spiro atoms. The SMILES string of the molecule is CC(=O)NC1(C(=O)OCc2ccc(C)cc2)CCCCC1. The molecule has 0 saturated heterocycles.